The Labute approximate surface area is 152 Å². The van der Waals surface area contributed by atoms with Crippen LogP contribution in [-0.4, -0.2) is 68.8 Å². The van der Waals surface area contributed by atoms with Gasteiger partial charge >= 0.3 is 5.97 Å². The Morgan fingerprint density at radius 1 is 1.33 bits per heavy atom. The van der Waals surface area contributed by atoms with Crippen LogP contribution in [0.3, 0.4) is 0 Å². The third-order valence-electron chi connectivity index (χ3n) is 4.70. The first-order valence-electron chi connectivity index (χ1n) is 7.64. The maximum atomic E-state index is 12.6. The molecular weight excluding hydrogens is 382 g/mol. The molecule has 4 N–H and O–H groups in total. The highest BCUT2D eigenvalue weighted by Gasteiger charge is 2.69. The molecule has 0 aliphatic carbocycles. The lowest BCUT2D eigenvalue weighted by Crippen LogP contribution is -2.57. The number of rotatable bonds is 4. The third-order valence-corrected chi connectivity index (χ3v) is 7.36. The summed E-state index contributed by atoms with van der Waals surface area (Å²) in [5.74, 6) is -3.88. The second-order valence-electron chi connectivity index (χ2n) is 6.33. The minimum atomic E-state index is -4.08. The lowest BCUT2D eigenvalue weighted by atomic mass is 9.97. The molecule has 12 heteroatoms. The molecule has 144 valence electrons. The number of carboxylic acid groups (broad SMARTS) is 1. The molecule has 2 aliphatic heterocycles. The van der Waals surface area contributed by atoms with Crippen molar-refractivity contribution in [1.82, 2.24) is 10.3 Å². The number of phenolic OH excluding ortho intramolecular Hbond substituents is 2. The summed E-state index contributed by atoms with van der Waals surface area (Å²) in [5, 5.41) is 30.4. The van der Waals surface area contributed by atoms with Gasteiger partial charge < -0.3 is 20.2 Å². The van der Waals surface area contributed by atoms with Crippen LogP contribution in [0, 0.1) is 0 Å². The summed E-state index contributed by atoms with van der Waals surface area (Å²) in [7, 11) is -4.08. The van der Waals surface area contributed by atoms with Crippen molar-refractivity contribution in [2.24, 2.45) is 5.10 Å². The van der Waals surface area contributed by atoms with Gasteiger partial charge in [-0.3, -0.25) is 9.59 Å². The highest BCUT2D eigenvalue weighted by atomic mass is 32.2. The molecule has 2 saturated heterocycles. The van der Waals surface area contributed by atoms with E-state index >= 15 is 0 Å². The number of nitrogens with one attached hydrogen (secondary N) is 1. The highest BCUT2D eigenvalue weighted by Crippen LogP contribution is 2.45. The normalized spacial score (nSPS) is 28.6. The molecule has 3 atom stereocenters. The molecular formula is C15H15N3O8S. The number of phenols is 2. The molecule has 0 radical (unpaired) electrons. The molecule has 0 saturated carbocycles. The molecule has 1 aromatic carbocycles. The second-order valence-corrected chi connectivity index (χ2v) is 8.85. The molecule has 1 aromatic rings. The number of hydrogen-bond donors (Lipinski definition) is 4. The number of carboxylic acids is 1. The van der Waals surface area contributed by atoms with Crippen molar-refractivity contribution in [2.45, 2.75) is 29.5 Å². The van der Waals surface area contributed by atoms with E-state index in [9.17, 15) is 38.1 Å². The van der Waals surface area contributed by atoms with E-state index < -0.39 is 55.3 Å². The Hall–Kier alpha value is -3.15. The van der Waals surface area contributed by atoms with Crippen LogP contribution in [-0.2, 0) is 19.4 Å². The van der Waals surface area contributed by atoms with Crippen LogP contribution < -0.4 is 5.43 Å². The van der Waals surface area contributed by atoms with Gasteiger partial charge in [-0.05, 0) is 25.1 Å². The van der Waals surface area contributed by atoms with E-state index in [0.717, 1.165) is 30.2 Å². The molecule has 0 spiro atoms. The number of nitrogens with zero attached hydrogens (tertiary/aromatic N) is 2. The number of hydrogen-bond acceptors (Lipinski definition) is 8. The number of sulfone groups is 1. The van der Waals surface area contributed by atoms with Gasteiger partial charge in [0.05, 0.1) is 6.42 Å². The SMILES string of the molecule is C[C@]1(/C=N/NC(=O)c2ccc(O)c(O)c2)[C@H](C(=O)O)N2C(=O)C[C@H]2S1(=O)=O. The molecule has 2 fully saturated rings. The van der Waals surface area contributed by atoms with Crippen molar-refractivity contribution >= 4 is 33.8 Å². The van der Waals surface area contributed by atoms with Crippen LogP contribution in [0.2, 0.25) is 0 Å². The molecule has 11 nitrogen and oxygen atoms in total. The van der Waals surface area contributed by atoms with Crippen molar-refractivity contribution in [3.8, 4) is 11.5 Å². The van der Waals surface area contributed by atoms with Crippen LogP contribution in [0.15, 0.2) is 23.3 Å². The van der Waals surface area contributed by atoms with Gasteiger partial charge in [0.15, 0.2) is 27.4 Å². The minimum absolute atomic E-state index is 0.0735. The van der Waals surface area contributed by atoms with Crippen molar-refractivity contribution in [3.63, 3.8) is 0 Å². The van der Waals surface area contributed by atoms with E-state index in [2.05, 4.69) is 5.10 Å². The quantitative estimate of drug-likeness (QED) is 0.217. The van der Waals surface area contributed by atoms with Crippen LogP contribution in [0.5, 0.6) is 11.5 Å². The molecule has 0 aromatic heterocycles. The van der Waals surface area contributed by atoms with E-state index in [1.54, 1.807) is 0 Å². The molecule has 2 heterocycles. The van der Waals surface area contributed by atoms with Crippen LogP contribution >= 0.6 is 0 Å². The Morgan fingerprint density at radius 3 is 2.56 bits per heavy atom. The Bertz CT molecular complexity index is 989. The Kier molecular flexibility index (Phi) is 4.10. The molecule has 0 unspecified atom stereocenters. The maximum Gasteiger partial charge on any atom is 0.328 e. The largest absolute Gasteiger partial charge is 0.504 e. The van der Waals surface area contributed by atoms with Gasteiger partial charge in [-0.2, -0.15) is 5.10 Å². The van der Waals surface area contributed by atoms with Gasteiger partial charge in [0, 0.05) is 11.8 Å². The van der Waals surface area contributed by atoms with E-state index in [-0.39, 0.29) is 12.0 Å². The van der Waals surface area contributed by atoms with Crippen LogP contribution in [0.25, 0.3) is 0 Å². The summed E-state index contributed by atoms with van der Waals surface area (Å²) < 4.78 is 23.3. The van der Waals surface area contributed by atoms with Crippen molar-refractivity contribution < 1.29 is 38.1 Å². The summed E-state index contributed by atoms with van der Waals surface area (Å²) in [6.45, 7) is 1.12. The average molecular weight is 397 g/mol. The predicted octanol–water partition coefficient (Wildman–Crippen LogP) is -0.988. The molecule has 2 aliphatic rings. The number of hydrazone groups is 1. The molecule has 0 bridgehead atoms. The first-order valence-corrected chi connectivity index (χ1v) is 9.19. The first-order chi connectivity index (χ1) is 12.5. The molecule has 3 rings (SSSR count). The summed E-state index contributed by atoms with van der Waals surface area (Å²) in [6, 6.07) is 1.58. The summed E-state index contributed by atoms with van der Waals surface area (Å²) in [4.78, 5) is 36.0. The van der Waals surface area contributed by atoms with Gasteiger partial charge in [0.1, 0.15) is 10.1 Å². The van der Waals surface area contributed by atoms with E-state index in [1.807, 2.05) is 5.43 Å². The number of carbonyl (C=O) groups is 3. The molecule has 27 heavy (non-hydrogen) atoms. The maximum absolute atomic E-state index is 12.6. The lowest BCUT2D eigenvalue weighted by molar-refractivity contribution is -0.156. The van der Waals surface area contributed by atoms with Gasteiger partial charge in [-0.25, -0.2) is 18.6 Å². The number of amides is 2. The van der Waals surface area contributed by atoms with Crippen LogP contribution in [0.4, 0.5) is 0 Å². The zero-order chi connectivity index (χ0) is 20.1. The summed E-state index contributed by atoms with van der Waals surface area (Å²) in [6.07, 6.45) is 0.486. The van der Waals surface area contributed by atoms with Gasteiger partial charge in [0.25, 0.3) is 5.91 Å². The smallest absolute Gasteiger partial charge is 0.328 e. The fraction of sp³-hybridized carbons (Fsp3) is 0.333. The van der Waals surface area contributed by atoms with Crippen LogP contribution in [0.1, 0.15) is 23.7 Å². The van der Waals surface area contributed by atoms with Gasteiger partial charge in [0.2, 0.25) is 5.91 Å². The zero-order valence-electron chi connectivity index (χ0n) is 13.9. The van der Waals surface area contributed by atoms with Crippen molar-refractivity contribution in [2.75, 3.05) is 0 Å². The predicted molar refractivity (Wildman–Crippen MR) is 89.7 cm³/mol. The first kappa shape index (κ1) is 18.6. The fourth-order valence-corrected chi connectivity index (χ4v) is 5.36. The van der Waals surface area contributed by atoms with E-state index in [4.69, 9.17) is 0 Å². The third kappa shape index (κ3) is 2.60. The number of aromatic hydroxyl groups is 2. The Balaban J connectivity index is 1.86. The lowest BCUT2D eigenvalue weighted by Gasteiger charge is -2.35. The standard InChI is InChI=1S/C15H15N3O8S/c1-15(6-16-17-13(22)7-2-3-8(19)9(20)4-7)12(14(23)24)18-10(21)5-11(18)27(15,25)26/h2-4,6,11-12,19-20H,5H2,1H3,(H,17,22)(H,23,24)/b16-6+/t11-,12+,15+/m1/s1. The van der Waals surface area contributed by atoms with Crippen molar-refractivity contribution in [3.05, 3.63) is 23.8 Å². The average Bonchev–Trinajstić information content (AvgIpc) is 2.72. The number of benzene rings is 1. The topological polar surface area (TPSA) is 174 Å². The number of β-lactam (4-membered cyclic amide) rings is 1. The Morgan fingerprint density at radius 2 is 2.00 bits per heavy atom. The monoisotopic (exact) mass is 397 g/mol. The van der Waals surface area contributed by atoms with Gasteiger partial charge in [-0.1, -0.05) is 0 Å². The second kappa shape index (κ2) is 5.94. The minimum Gasteiger partial charge on any atom is -0.504 e. The van der Waals surface area contributed by atoms with E-state index in [0.29, 0.717) is 0 Å². The molecule has 2 amide bonds. The zero-order valence-corrected chi connectivity index (χ0v) is 14.7. The number of aliphatic carboxylic acids is 1. The highest BCUT2D eigenvalue weighted by molar-refractivity contribution is 7.94. The van der Waals surface area contributed by atoms with Crippen molar-refractivity contribution in [1.29, 1.82) is 0 Å². The summed E-state index contributed by atoms with van der Waals surface area (Å²) >= 11 is 0. The van der Waals surface area contributed by atoms with E-state index in [1.165, 1.54) is 6.07 Å². The summed E-state index contributed by atoms with van der Waals surface area (Å²) in [5.41, 5.74) is 1.96. The fourth-order valence-electron chi connectivity index (χ4n) is 3.15. The van der Waals surface area contributed by atoms with Gasteiger partial charge in [-0.15, -0.1) is 0 Å². The number of carbonyl (C=O) groups excluding carboxylic acids is 2. The number of fused-ring (bicyclic) bond motifs is 1.